The van der Waals surface area contributed by atoms with Crippen LogP contribution >= 0.6 is 0 Å². The van der Waals surface area contributed by atoms with E-state index in [1.54, 1.807) is 17.2 Å². The predicted octanol–water partition coefficient (Wildman–Crippen LogP) is 1.94. The van der Waals surface area contributed by atoms with Crippen LogP contribution in [0.15, 0.2) is 41.3 Å². The van der Waals surface area contributed by atoms with Crippen LogP contribution in [0.1, 0.15) is 18.4 Å². The first-order chi connectivity index (χ1) is 9.35. The van der Waals surface area contributed by atoms with Crippen molar-refractivity contribution in [2.75, 3.05) is 0 Å². The van der Waals surface area contributed by atoms with Crippen LogP contribution in [0.25, 0.3) is 11.5 Å². The van der Waals surface area contributed by atoms with E-state index in [1.165, 1.54) is 0 Å². The molecule has 3 heterocycles. The maximum atomic E-state index is 5.15. The third-order valence-corrected chi connectivity index (χ3v) is 2.71. The molecule has 3 rings (SSSR count). The fourth-order valence-electron chi connectivity index (χ4n) is 1.75. The summed E-state index contributed by atoms with van der Waals surface area (Å²) in [5, 5.41) is 8.36. The van der Waals surface area contributed by atoms with Gasteiger partial charge in [0.15, 0.2) is 5.82 Å². The van der Waals surface area contributed by atoms with Crippen LogP contribution < -0.4 is 0 Å². The normalized spacial score (nSPS) is 10.8. The van der Waals surface area contributed by atoms with Crippen LogP contribution in [0.5, 0.6) is 0 Å². The second kappa shape index (κ2) is 5.01. The van der Waals surface area contributed by atoms with Gasteiger partial charge in [-0.3, -0.25) is 4.98 Å². The van der Waals surface area contributed by atoms with E-state index in [0.717, 1.165) is 23.6 Å². The third kappa shape index (κ3) is 2.52. The fraction of sp³-hybridized carbons (Fsp3) is 0.231. The van der Waals surface area contributed by atoms with E-state index in [4.69, 9.17) is 4.52 Å². The molecule has 0 fully saturated rings. The van der Waals surface area contributed by atoms with Crippen molar-refractivity contribution in [3.63, 3.8) is 0 Å². The van der Waals surface area contributed by atoms with Gasteiger partial charge >= 0.3 is 0 Å². The Balaban J connectivity index is 1.78. The Morgan fingerprint density at radius 3 is 2.95 bits per heavy atom. The lowest BCUT2D eigenvalue weighted by molar-refractivity contribution is 0.378. The number of hydrogen-bond acceptors (Lipinski definition) is 5. The molecule has 96 valence electrons. The second-order valence-corrected chi connectivity index (χ2v) is 4.12. The van der Waals surface area contributed by atoms with Crippen LogP contribution in [0, 0.1) is 0 Å². The van der Waals surface area contributed by atoms with Crippen molar-refractivity contribution in [1.82, 2.24) is 24.9 Å². The Morgan fingerprint density at radius 1 is 1.26 bits per heavy atom. The molecule has 0 amide bonds. The fourth-order valence-corrected chi connectivity index (χ4v) is 1.75. The van der Waals surface area contributed by atoms with Crippen LogP contribution in [-0.4, -0.2) is 24.9 Å². The number of nitrogens with zero attached hydrogens (tertiary/aromatic N) is 5. The first-order valence-electron chi connectivity index (χ1n) is 6.10. The number of pyridine rings is 1. The number of hydrogen-bond donors (Lipinski definition) is 0. The number of aryl methyl sites for hydroxylation is 1. The molecule has 0 aromatic carbocycles. The van der Waals surface area contributed by atoms with Gasteiger partial charge in [0.1, 0.15) is 23.5 Å². The minimum atomic E-state index is 0.545. The quantitative estimate of drug-likeness (QED) is 0.712. The SMILES string of the molecule is CCc1cc(Cn2cnc(-c3ccccn3)n2)no1. The molecule has 0 N–H and O–H groups in total. The lowest BCUT2D eigenvalue weighted by atomic mass is 10.3. The van der Waals surface area contributed by atoms with E-state index in [0.29, 0.717) is 12.4 Å². The summed E-state index contributed by atoms with van der Waals surface area (Å²) in [6.07, 6.45) is 4.23. The monoisotopic (exact) mass is 255 g/mol. The zero-order chi connectivity index (χ0) is 13.1. The van der Waals surface area contributed by atoms with Gasteiger partial charge in [-0.1, -0.05) is 18.1 Å². The first-order valence-corrected chi connectivity index (χ1v) is 6.10. The van der Waals surface area contributed by atoms with E-state index in [9.17, 15) is 0 Å². The van der Waals surface area contributed by atoms with Gasteiger partial charge in [0.25, 0.3) is 0 Å². The van der Waals surface area contributed by atoms with Crippen LogP contribution in [0.3, 0.4) is 0 Å². The highest BCUT2D eigenvalue weighted by molar-refractivity contribution is 5.46. The van der Waals surface area contributed by atoms with Gasteiger partial charge in [-0.25, -0.2) is 9.67 Å². The summed E-state index contributed by atoms with van der Waals surface area (Å²) in [5.41, 5.74) is 1.60. The van der Waals surface area contributed by atoms with Crippen molar-refractivity contribution in [3.8, 4) is 11.5 Å². The molecule has 0 unspecified atom stereocenters. The summed E-state index contributed by atoms with van der Waals surface area (Å²) >= 11 is 0. The van der Waals surface area contributed by atoms with Crippen molar-refractivity contribution in [3.05, 3.63) is 48.2 Å². The van der Waals surface area contributed by atoms with Gasteiger partial charge in [-0.2, -0.15) is 0 Å². The molecule has 6 nitrogen and oxygen atoms in total. The maximum Gasteiger partial charge on any atom is 0.199 e. The molecule has 0 saturated carbocycles. The van der Waals surface area contributed by atoms with E-state index in [2.05, 4.69) is 20.2 Å². The van der Waals surface area contributed by atoms with Crippen molar-refractivity contribution in [2.24, 2.45) is 0 Å². The van der Waals surface area contributed by atoms with Gasteiger partial charge in [0.2, 0.25) is 0 Å². The van der Waals surface area contributed by atoms with Crippen molar-refractivity contribution in [1.29, 1.82) is 0 Å². The van der Waals surface area contributed by atoms with Crippen LogP contribution in [-0.2, 0) is 13.0 Å². The largest absolute Gasteiger partial charge is 0.361 e. The van der Waals surface area contributed by atoms with Gasteiger partial charge in [0.05, 0.1) is 6.54 Å². The van der Waals surface area contributed by atoms with Gasteiger partial charge in [0, 0.05) is 18.7 Å². The highest BCUT2D eigenvalue weighted by atomic mass is 16.5. The Bertz CT molecular complexity index is 658. The second-order valence-electron chi connectivity index (χ2n) is 4.12. The summed E-state index contributed by atoms with van der Waals surface area (Å²) in [6.45, 7) is 2.57. The molecule has 0 radical (unpaired) electrons. The highest BCUT2D eigenvalue weighted by Crippen LogP contribution is 2.11. The summed E-state index contributed by atoms with van der Waals surface area (Å²) in [6, 6.07) is 7.59. The van der Waals surface area contributed by atoms with Crippen molar-refractivity contribution in [2.45, 2.75) is 19.9 Å². The molecule has 0 atom stereocenters. The third-order valence-electron chi connectivity index (χ3n) is 2.71. The minimum absolute atomic E-state index is 0.545. The molecule has 0 aliphatic carbocycles. The standard InChI is InChI=1S/C13H13N5O/c1-2-11-7-10(17-19-11)8-18-9-15-13(16-18)12-5-3-4-6-14-12/h3-7,9H,2,8H2,1H3. The van der Waals surface area contributed by atoms with E-state index in [1.807, 2.05) is 31.2 Å². The number of rotatable bonds is 4. The van der Waals surface area contributed by atoms with Crippen molar-refractivity contribution >= 4 is 0 Å². The molecular weight excluding hydrogens is 242 g/mol. The molecule has 0 saturated heterocycles. The van der Waals surface area contributed by atoms with Gasteiger partial charge in [-0.15, -0.1) is 5.10 Å². The Labute approximate surface area is 110 Å². The van der Waals surface area contributed by atoms with Crippen LogP contribution in [0.2, 0.25) is 0 Å². The Kier molecular flexibility index (Phi) is 3.06. The average molecular weight is 255 g/mol. The maximum absolute atomic E-state index is 5.15. The summed E-state index contributed by atoms with van der Waals surface area (Å²) in [7, 11) is 0. The molecule has 3 aromatic rings. The van der Waals surface area contributed by atoms with E-state index in [-0.39, 0.29) is 0 Å². The first kappa shape index (κ1) is 11.6. The molecule has 19 heavy (non-hydrogen) atoms. The predicted molar refractivity (Wildman–Crippen MR) is 68.2 cm³/mol. The summed E-state index contributed by atoms with van der Waals surface area (Å²) in [5.74, 6) is 1.49. The van der Waals surface area contributed by atoms with E-state index >= 15 is 0 Å². The van der Waals surface area contributed by atoms with Crippen molar-refractivity contribution < 1.29 is 4.52 Å². The molecular formula is C13H13N5O. The molecule has 0 aliphatic rings. The topological polar surface area (TPSA) is 69.6 Å². The molecule has 0 aliphatic heterocycles. The molecule has 6 heteroatoms. The Hall–Kier alpha value is -2.50. The number of aromatic nitrogens is 5. The highest BCUT2D eigenvalue weighted by Gasteiger charge is 2.07. The Morgan fingerprint density at radius 2 is 2.21 bits per heavy atom. The lowest BCUT2D eigenvalue weighted by Crippen LogP contribution is -2.00. The lowest BCUT2D eigenvalue weighted by Gasteiger charge is -1.95. The van der Waals surface area contributed by atoms with Gasteiger partial charge in [-0.05, 0) is 12.1 Å². The summed E-state index contributed by atoms with van der Waals surface area (Å²) < 4.78 is 6.88. The minimum Gasteiger partial charge on any atom is -0.361 e. The molecule has 0 spiro atoms. The average Bonchev–Trinajstić information content (AvgIpc) is 3.09. The zero-order valence-electron chi connectivity index (χ0n) is 10.5. The summed E-state index contributed by atoms with van der Waals surface area (Å²) in [4.78, 5) is 8.45. The molecule has 0 bridgehead atoms. The van der Waals surface area contributed by atoms with Gasteiger partial charge < -0.3 is 4.52 Å². The van der Waals surface area contributed by atoms with E-state index < -0.39 is 0 Å². The van der Waals surface area contributed by atoms with Crippen LogP contribution in [0.4, 0.5) is 0 Å². The molecule has 3 aromatic heterocycles. The zero-order valence-corrected chi connectivity index (χ0v) is 10.5. The smallest absolute Gasteiger partial charge is 0.199 e.